The zero-order valence-electron chi connectivity index (χ0n) is 16.7. The van der Waals surface area contributed by atoms with Crippen LogP contribution in [0.15, 0.2) is 16.8 Å². The molecule has 1 saturated heterocycles. The van der Waals surface area contributed by atoms with Gasteiger partial charge in [-0.25, -0.2) is 0 Å². The van der Waals surface area contributed by atoms with Crippen molar-refractivity contribution in [1.29, 1.82) is 0 Å². The zero-order chi connectivity index (χ0) is 19.2. The molecule has 6 heteroatoms. The fourth-order valence-electron chi connectivity index (χ4n) is 4.83. The molecule has 1 aliphatic heterocycles. The summed E-state index contributed by atoms with van der Waals surface area (Å²) >= 11 is 0. The van der Waals surface area contributed by atoms with Crippen LogP contribution in [0.25, 0.3) is 0 Å². The van der Waals surface area contributed by atoms with Crippen LogP contribution in [-0.4, -0.2) is 58.9 Å². The number of rotatable bonds is 5. The topological polar surface area (TPSA) is 91.0 Å². The summed E-state index contributed by atoms with van der Waals surface area (Å²) in [6, 6.07) is 1.18. The quantitative estimate of drug-likeness (QED) is 0.506. The number of aliphatic hydroxyl groups excluding tert-OH is 1. The summed E-state index contributed by atoms with van der Waals surface area (Å²) in [5, 5.41) is 12.8. The number of likely N-dealkylation sites (tertiary alicyclic amines) is 1. The molecular formula is C21H36N4O2. The van der Waals surface area contributed by atoms with Crippen LogP contribution >= 0.6 is 0 Å². The number of nitrogens with two attached hydrogens (primary N) is 1. The van der Waals surface area contributed by atoms with Crippen LogP contribution in [0.5, 0.6) is 0 Å². The molecule has 27 heavy (non-hydrogen) atoms. The number of aliphatic hydroxyl groups is 1. The Morgan fingerprint density at radius 1 is 1.07 bits per heavy atom. The molecule has 2 aliphatic carbocycles. The van der Waals surface area contributed by atoms with Crippen molar-refractivity contribution in [1.82, 2.24) is 10.2 Å². The largest absolute Gasteiger partial charge is 0.404 e. The first kappa shape index (κ1) is 20.3. The first-order valence-corrected chi connectivity index (χ1v) is 10.8. The highest BCUT2D eigenvalue weighted by Crippen LogP contribution is 2.26. The van der Waals surface area contributed by atoms with Crippen LogP contribution in [0.1, 0.15) is 71.1 Å². The summed E-state index contributed by atoms with van der Waals surface area (Å²) in [5.74, 6) is -0.103. The van der Waals surface area contributed by atoms with Crippen LogP contribution < -0.4 is 11.1 Å². The smallest absolute Gasteiger partial charge is 0.254 e. The number of amides is 1. The monoisotopic (exact) mass is 376 g/mol. The van der Waals surface area contributed by atoms with Crippen molar-refractivity contribution in [3.8, 4) is 0 Å². The molecule has 1 heterocycles. The minimum absolute atomic E-state index is 0.103. The summed E-state index contributed by atoms with van der Waals surface area (Å²) in [5.41, 5.74) is 6.95. The molecular weight excluding hydrogens is 340 g/mol. The predicted octanol–water partition coefficient (Wildman–Crippen LogP) is 2.12. The Balaban J connectivity index is 1.48. The summed E-state index contributed by atoms with van der Waals surface area (Å²) in [6.45, 7) is 4.02. The van der Waals surface area contributed by atoms with Gasteiger partial charge < -0.3 is 21.1 Å². The molecule has 1 amide bonds. The maximum Gasteiger partial charge on any atom is 0.254 e. The number of piperidine rings is 1. The van der Waals surface area contributed by atoms with Gasteiger partial charge in [-0.3, -0.25) is 9.79 Å². The van der Waals surface area contributed by atoms with Crippen molar-refractivity contribution in [2.75, 3.05) is 13.1 Å². The van der Waals surface area contributed by atoms with Gasteiger partial charge in [0.1, 0.15) is 0 Å². The number of aliphatic imine (C=N–C) groups is 1. The van der Waals surface area contributed by atoms with Crippen molar-refractivity contribution in [3.05, 3.63) is 11.8 Å². The molecule has 4 N–H and O–H groups in total. The second-order valence-electron chi connectivity index (χ2n) is 8.48. The molecule has 0 bridgehead atoms. The second-order valence-corrected chi connectivity index (χ2v) is 8.48. The van der Waals surface area contributed by atoms with Crippen LogP contribution in [0, 0.1) is 0 Å². The Labute approximate surface area is 163 Å². The molecule has 0 aromatic heterocycles. The lowest BCUT2D eigenvalue weighted by Crippen LogP contribution is -2.48. The molecule has 0 aromatic rings. The molecule has 0 unspecified atom stereocenters. The summed E-state index contributed by atoms with van der Waals surface area (Å²) < 4.78 is 0. The Morgan fingerprint density at radius 3 is 2.30 bits per heavy atom. The molecule has 2 saturated carbocycles. The number of carbonyl (C=O) groups excluding carboxylic acids is 1. The van der Waals surface area contributed by atoms with Gasteiger partial charge in [0.15, 0.2) is 0 Å². The van der Waals surface area contributed by atoms with E-state index in [1.807, 2.05) is 6.92 Å². The lowest BCUT2D eigenvalue weighted by Gasteiger charge is -2.36. The maximum atomic E-state index is 12.7. The highest BCUT2D eigenvalue weighted by molar-refractivity contribution is 6.20. The molecule has 0 radical (unpaired) electrons. The van der Waals surface area contributed by atoms with Crippen LogP contribution in [-0.2, 0) is 4.79 Å². The van der Waals surface area contributed by atoms with E-state index in [1.54, 1.807) is 0 Å². The summed E-state index contributed by atoms with van der Waals surface area (Å²) in [4.78, 5) is 20.0. The number of carbonyl (C=O) groups is 1. The molecule has 3 rings (SSSR count). The summed E-state index contributed by atoms with van der Waals surface area (Å²) in [6.07, 6.45) is 11.9. The fourth-order valence-corrected chi connectivity index (χ4v) is 4.83. The van der Waals surface area contributed by atoms with Gasteiger partial charge in [-0.15, -0.1) is 0 Å². The van der Waals surface area contributed by atoms with Gasteiger partial charge in [0.2, 0.25) is 0 Å². The van der Waals surface area contributed by atoms with Gasteiger partial charge in [-0.2, -0.15) is 0 Å². The Kier molecular flexibility index (Phi) is 7.30. The molecule has 0 atom stereocenters. The van der Waals surface area contributed by atoms with E-state index in [0.717, 1.165) is 57.7 Å². The Bertz CT molecular complexity index is 553. The van der Waals surface area contributed by atoms with Gasteiger partial charge in [0, 0.05) is 37.1 Å². The van der Waals surface area contributed by atoms with Crippen molar-refractivity contribution in [2.24, 2.45) is 10.7 Å². The number of nitrogens with zero attached hydrogens (tertiary/aromatic N) is 2. The molecule has 3 aliphatic rings. The zero-order valence-corrected chi connectivity index (χ0v) is 16.7. The SMILES string of the molecule is CC(=NC1CCC(O)CC1)/C(=C\N)C(=O)NC1CCN(C2CCCC2)CC1. The molecule has 152 valence electrons. The average molecular weight is 377 g/mol. The molecule has 0 aromatic carbocycles. The average Bonchev–Trinajstić information content (AvgIpc) is 3.19. The van der Waals surface area contributed by atoms with Crippen LogP contribution in [0.3, 0.4) is 0 Å². The molecule has 6 nitrogen and oxygen atoms in total. The molecule has 3 fully saturated rings. The van der Waals surface area contributed by atoms with Gasteiger partial charge in [0.25, 0.3) is 5.91 Å². The second kappa shape index (κ2) is 9.69. The lowest BCUT2D eigenvalue weighted by atomic mass is 9.93. The van der Waals surface area contributed by atoms with E-state index in [-0.39, 0.29) is 24.1 Å². The molecule has 0 spiro atoms. The lowest BCUT2D eigenvalue weighted by molar-refractivity contribution is -0.118. The minimum atomic E-state index is -0.195. The van der Waals surface area contributed by atoms with E-state index in [2.05, 4.69) is 10.2 Å². The third-order valence-corrected chi connectivity index (χ3v) is 6.55. The summed E-state index contributed by atoms with van der Waals surface area (Å²) in [7, 11) is 0. The Hall–Kier alpha value is -1.40. The van der Waals surface area contributed by atoms with E-state index >= 15 is 0 Å². The third-order valence-electron chi connectivity index (χ3n) is 6.55. The first-order valence-electron chi connectivity index (χ1n) is 10.8. The van der Waals surface area contributed by atoms with Crippen molar-refractivity contribution >= 4 is 11.6 Å². The van der Waals surface area contributed by atoms with Gasteiger partial charge in [-0.1, -0.05) is 12.8 Å². The maximum absolute atomic E-state index is 12.7. The number of hydrogen-bond acceptors (Lipinski definition) is 5. The number of nitrogens with one attached hydrogen (secondary N) is 1. The van der Waals surface area contributed by atoms with Gasteiger partial charge in [0.05, 0.1) is 17.7 Å². The predicted molar refractivity (Wildman–Crippen MR) is 109 cm³/mol. The minimum Gasteiger partial charge on any atom is -0.404 e. The standard InChI is InChI=1S/C21H36N4O2/c1-15(23-16-6-8-19(26)9-7-16)20(14-22)21(27)24-17-10-12-25(13-11-17)18-4-2-3-5-18/h14,16-19,26H,2-13,22H2,1H3,(H,24,27)/b20-14+,23-15?. The number of hydrogen-bond donors (Lipinski definition) is 3. The van der Waals surface area contributed by atoms with Crippen molar-refractivity contribution in [2.45, 2.75) is 95.4 Å². The van der Waals surface area contributed by atoms with E-state index in [9.17, 15) is 9.90 Å². The highest BCUT2D eigenvalue weighted by atomic mass is 16.3. The van der Waals surface area contributed by atoms with Crippen LogP contribution in [0.2, 0.25) is 0 Å². The highest BCUT2D eigenvalue weighted by Gasteiger charge is 2.28. The van der Waals surface area contributed by atoms with Crippen molar-refractivity contribution in [3.63, 3.8) is 0 Å². The normalized spacial score (nSPS) is 29.9. The van der Waals surface area contributed by atoms with Crippen molar-refractivity contribution < 1.29 is 9.90 Å². The van der Waals surface area contributed by atoms with E-state index in [4.69, 9.17) is 10.7 Å². The van der Waals surface area contributed by atoms with Crippen LogP contribution in [0.4, 0.5) is 0 Å². The van der Waals surface area contributed by atoms with E-state index in [0.29, 0.717) is 11.3 Å². The Morgan fingerprint density at radius 2 is 1.70 bits per heavy atom. The van der Waals surface area contributed by atoms with E-state index < -0.39 is 0 Å². The third kappa shape index (κ3) is 5.55. The van der Waals surface area contributed by atoms with Gasteiger partial charge in [-0.05, 0) is 58.3 Å². The van der Waals surface area contributed by atoms with Gasteiger partial charge >= 0.3 is 0 Å². The first-order chi connectivity index (χ1) is 13.1. The van der Waals surface area contributed by atoms with E-state index in [1.165, 1.54) is 31.9 Å². The fraction of sp³-hybridized carbons (Fsp3) is 0.810.